The molecule has 2 rings (SSSR count). The van der Waals surface area contributed by atoms with E-state index < -0.39 is 23.3 Å². The molecular formula is C13H14F3NO3. The number of nitrogens with one attached hydrogen (secondary N) is 1. The lowest BCUT2D eigenvalue weighted by Crippen LogP contribution is -2.33. The molecule has 0 unspecified atom stereocenters. The maximum absolute atomic E-state index is 12.8. The molecule has 1 fully saturated rings. The quantitative estimate of drug-likeness (QED) is 0.797. The SMILES string of the molecule is O=C(O)c1ccc(NCC2CC(O)C2)cc1C(F)(F)F. The first-order chi connectivity index (χ1) is 9.27. The summed E-state index contributed by atoms with van der Waals surface area (Å²) >= 11 is 0. The van der Waals surface area contributed by atoms with Gasteiger partial charge in [0.15, 0.2) is 0 Å². The van der Waals surface area contributed by atoms with Crippen molar-refractivity contribution >= 4 is 11.7 Å². The van der Waals surface area contributed by atoms with E-state index in [-0.39, 0.29) is 17.7 Å². The Kier molecular flexibility index (Phi) is 3.89. The molecule has 0 saturated heterocycles. The highest BCUT2D eigenvalue weighted by Gasteiger charge is 2.35. The van der Waals surface area contributed by atoms with Crippen molar-refractivity contribution in [2.24, 2.45) is 5.92 Å². The standard InChI is InChI=1S/C13H14F3NO3/c14-13(15,16)11-5-8(1-2-10(11)12(19)20)17-6-7-3-9(18)4-7/h1-2,5,7,9,17-18H,3-4,6H2,(H,19,20). The molecule has 1 aliphatic carbocycles. The molecule has 0 amide bonds. The van der Waals surface area contributed by atoms with Crippen molar-refractivity contribution in [1.82, 2.24) is 0 Å². The Labute approximate surface area is 113 Å². The van der Waals surface area contributed by atoms with Crippen LogP contribution in [-0.4, -0.2) is 28.8 Å². The fraction of sp³-hybridized carbons (Fsp3) is 0.462. The Morgan fingerprint density at radius 1 is 1.35 bits per heavy atom. The predicted molar refractivity (Wildman–Crippen MR) is 65.6 cm³/mol. The van der Waals surface area contributed by atoms with Crippen molar-refractivity contribution in [1.29, 1.82) is 0 Å². The second kappa shape index (κ2) is 5.32. The number of hydrogen-bond donors (Lipinski definition) is 3. The van der Waals surface area contributed by atoms with Gasteiger partial charge in [-0.3, -0.25) is 0 Å². The van der Waals surface area contributed by atoms with E-state index in [1.54, 1.807) is 0 Å². The van der Waals surface area contributed by atoms with Gasteiger partial charge in [-0.05, 0) is 37.0 Å². The molecule has 1 aliphatic rings. The molecule has 0 radical (unpaired) electrons. The van der Waals surface area contributed by atoms with Gasteiger partial charge in [0, 0.05) is 12.2 Å². The van der Waals surface area contributed by atoms with Crippen molar-refractivity contribution < 1.29 is 28.2 Å². The van der Waals surface area contributed by atoms with Crippen molar-refractivity contribution in [3.63, 3.8) is 0 Å². The van der Waals surface area contributed by atoms with E-state index in [2.05, 4.69) is 5.32 Å². The number of rotatable bonds is 4. The number of benzene rings is 1. The normalized spacial score (nSPS) is 22.2. The van der Waals surface area contributed by atoms with E-state index in [4.69, 9.17) is 10.2 Å². The highest BCUT2D eigenvalue weighted by atomic mass is 19.4. The average Bonchev–Trinajstić information content (AvgIpc) is 2.31. The van der Waals surface area contributed by atoms with Gasteiger partial charge < -0.3 is 15.5 Å². The first-order valence-electron chi connectivity index (χ1n) is 6.14. The summed E-state index contributed by atoms with van der Waals surface area (Å²) in [5.74, 6) is -1.37. The van der Waals surface area contributed by atoms with Crippen LogP contribution in [0.2, 0.25) is 0 Å². The molecule has 0 aliphatic heterocycles. The molecule has 4 nitrogen and oxygen atoms in total. The number of aliphatic hydroxyl groups is 1. The lowest BCUT2D eigenvalue weighted by Gasteiger charge is -2.31. The van der Waals surface area contributed by atoms with Gasteiger partial charge in [-0.15, -0.1) is 0 Å². The zero-order valence-corrected chi connectivity index (χ0v) is 10.4. The van der Waals surface area contributed by atoms with Crippen LogP contribution < -0.4 is 5.32 Å². The molecule has 0 heterocycles. The molecule has 1 saturated carbocycles. The Balaban J connectivity index is 2.13. The first kappa shape index (κ1) is 14.6. The molecule has 0 atom stereocenters. The Hall–Kier alpha value is -1.76. The van der Waals surface area contributed by atoms with Gasteiger partial charge in [-0.2, -0.15) is 13.2 Å². The molecule has 0 aromatic heterocycles. The molecule has 0 spiro atoms. The number of hydrogen-bond acceptors (Lipinski definition) is 3. The van der Waals surface area contributed by atoms with Crippen LogP contribution in [0.4, 0.5) is 18.9 Å². The summed E-state index contributed by atoms with van der Waals surface area (Å²) in [5, 5.41) is 20.7. The lowest BCUT2D eigenvalue weighted by atomic mass is 9.82. The molecule has 110 valence electrons. The molecule has 20 heavy (non-hydrogen) atoms. The summed E-state index contributed by atoms with van der Waals surface area (Å²) in [6, 6.07) is 3.06. The minimum atomic E-state index is -4.71. The third-order valence-electron chi connectivity index (χ3n) is 3.36. The van der Waals surface area contributed by atoms with Crippen LogP contribution >= 0.6 is 0 Å². The Bertz CT molecular complexity index is 510. The van der Waals surface area contributed by atoms with Crippen LogP contribution in [0.5, 0.6) is 0 Å². The van der Waals surface area contributed by atoms with E-state index in [9.17, 15) is 18.0 Å². The van der Waals surface area contributed by atoms with E-state index in [1.165, 1.54) is 6.07 Å². The first-order valence-corrected chi connectivity index (χ1v) is 6.14. The van der Waals surface area contributed by atoms with Gasteiger partial charge in [-0.1, -0.05) is 0 Å². The smallest absolute Gasteiger partial charge is 0.417 e. The fourth-order valence-electron chi connectivity index (χ4n) is 2.20. The van der Waals surface area contributed by atoms with Gasteiger partial charge >= 0.3 is 12.1 Å². The highest BCUT2D eigenvalue weighted by molar-refractivity contribution is 5.90. The van der Waals surface area contributed by atoms with Crippen LogP contribution in [0.3, 0.4) is 0 Å². The minimum absolute atomic E-state index is 0.226. The van der Waals surface area contributed by atoms with Gasteiger partial charge in [0.05, 0.1) is 17.2 Å². The van der Waals surface area contributed by atoms with E-state index in [0.29, 0.717) is 19.4 Å². The van der Waals surface area contributed by atoms with Crippen LogP contribution in [0.15, 0.2) is 18.2 Å². The van der Waals surface area contributed by atoms with Crippen LogP contribution in [0, 0.1) is 5.92 Å². The molecule has 3 N–H and O–H groups in total. The summed E-state index contributed by atoms with van der Waals surface area (Å²) in [6.45, 7) is 0.459. The number of halogens is 3. The summed E-state index contributed by atoms with van der Waals surface area (Å²) in [6.07, 6.45) is -3.77. The Morgan fingerprint density at radius 3 is 2.50 bits per heavy atom. The second-order valence-electron chi connectivity index (χ2n) is 4.94. The number of carboxylic acid groups (broad SMARTS) is 1. The zero-order valence-electron chi connectivity index (χ0n) is 10.4. The van der Waals surface area contributed by atoms with Crippen molar-refractivity contribution in [2.75, 3.05) is 11.9 Å². The average molecular weight is 289 g/mol. The topological polar surface area (TPSA) is 69.6 Å². The number of anilines is 1. The van der Waals surface area contributed by atoms with Crippen LogP contribution in [-0.2, 0) is 6.18 Å². The third kappa shape index (κ3) is 3.22. The molecular weight excluding hydrogens is 275 g/mol. The molecule has 1 aromatic carbocycles. The fourth-order valence-corrected chi connectivity index (χ4v) is 2.20. The van der Waals surface area contributed by atoms with Crippen molar-refractivity contribution in [3.05, 3.63) is 29.3 Å². The maximum atomic E-state index is 12.8. The van der Waals surface area contributed by atoms with Crippen LogP contribution in [0.25, 0.3) is 0 Å². The zero-order chi connectivity index (χ0) is 14.9. The lowest BCUT2D eigenvalue weighted by molar-refractivity contribution is -0.138. The van der Waals surface area contributed by atoms with Gasteiger partial charge in [-0.25, -0.2) is 4.79 Å². The highest BCUT2D eigenvalue weighted by Crippen LogP contribution is 2.34. The summed E-state index contributed by atoms with van der Waals surface area (Å²) in [7, 11) is 0. The largest absolute Gasteiger partial charge is 0.478 e. The van der Waals surface area contributed by atoms with E-state index in [0.717, 1.165) is 12.1 Å². The molecule has 7 heteroatoms. The van der Waals surface area contributed by atoms with Gasteiger partial charge in [0.1, 0.15) is 0 Å². The Morgan fingerprint density at radius 2 is 2.00 bits per heavy atom. The third-order valence-corrected chi connectivity index (χ3v) is 3.36. The van der Waals surface area contributed by atoms with E-state index in [1.807, 2.05) is 0 Å². The number of alkyl halides is 3. The van der Waals surface area contributed by atoms with Gasteiger partial charge in [0.2, 0.25) is 0 Å². The van der Waals surface area contributed by atoms with Crippen molar-refractivity contribution in [2.45, 2.75) is 25.1 Å². The molecule has 0 bridgehead atoms. The minimum Gasteiger partial charge on any atom is -0.478 e. The summed E-state index contributed by atoms with van der Waals surface area (Å²) < 4.78 is 38.4. The molecule has 1 aromatic rings. The monoisotopic (exact) mass is 289 g/mol. The number of aliphatic hydroxyl groups excluding tert-OH is 1. The van der Waals surface area contributed by atoms with E-state index >= 15 is 0 Å². The predicted octanol–water partition coefficient (Wildman–Crippen LogP) is 2.59. The summed E-state index contributed by atoms with van der Waals surface area (Å²) in [4.78, 5) is 10.8. The number of aromatic carboxylic acids is 1. The summed E-state index contributed by atoms with van der Waals surface area (Å²) in [5.41, 5.74) is -1.70. The second-order valence-corrected chi connectivity index (χ2v) is 4.94. The maximum Gasteiger partial charge on any atom is 0.417 e. The van der Waals surface area contributed by atoms with Crippen LogP contribution in [0.1, 0.15) is 28.8 Å². The van der Waals surface area contributed by atoms with Crippen molar-refractivity contribution in [3.8, 4) is 0 Å². The van der Waals surface area contributed by atoms with Gasteiger partial charge in [0.25, 0.3) is 0 Å². The number of carbonyl (C=O) groups is 1. The number of carboxylic acids is 1.